The number of hydrogen-bond acceptors (Lipinski definition) is 4. The summed E-state index contributed by atoms with van der Waals surface area (Å²) in [5, 5.41) is 8.71. The number of likely N-dealkylation sites (N-methyl/N-ethyl adjacent to an activating group) is 1. The minimum Gasteiger partial charge on any atom is -0.481 e. The van der Waals surface area contributed by atoms with Crippen LogP contribution in [0.15, 0.2) is 0 Å². The van der Waals surface area contributed by atoms with Gasteiger partial charge in [-0.15, -0.1) is 0 Å². The zero-order valence-electron chi connectivity index (χ0n) is 9.76. The summed E-state index contributed by atoms with van der Waals surface area (Å²) in [6, 6.07) is -0.369. The maximum atomic E-state index is 11.8. The maximum Gasteiger partial charge on any atom is 0.303 e. The molecule has 2 aliphatic heterocycles. The number of imide groups is 1. The minimum absolute atomic E-state index is 0.0984. The fourth-order valence-corrected chi connectivity index (χ4v) is 2.58. The molecule has 2 atom stereocenters. The molecule has 0 radical (unpaired) electrons. The summed E-state index contributed by atoms with van der Waals surface area (Å²) in [4.78, 5) is 36.9. The van der Waals surface area contributed by atoms with Crippen molar-refractivity contribution in [2.24, 2.45) is 5.92 Å². The molecule has 0 spiro atoms. The highest BCUT2D eigenvalue weighted by Gasteiger charge is 2.42. The highest BCUT2D eigenvalue weighted by atomic mass is 16.4. The number of amides is 2. The summed E-state index contributed by atoms with van der Waals surface area (Å²) in [5.41, 5.74) is 0. The summed E-state index contributed by atoms with van der Waals surface area (Å²) in [5.74, 6) is -1.02. The van der Waals surface area contributed by atoms with Crippen molar-refractivity contribution in [1.29, 1.82) is 0 Å². The molecule has 2 fully saturated rings. The SMILES string of the molecule is CN1C(=O)CC(N2CCC(CC(=O)O)C2)C1=O. The third-order valence-corrected chi connectivity index (χ3v) is 3.58. The van der Waals surface area contributed by atoms with Crippen molar-refractivity contribution < 1.29 is 19.5 Å². The lowest BCUT2D eigenvalue weighted by molar-refractivity contribution is -0.138. The van der Waals surface area contributed by atoms with E-state index >= 15 is 0 Å². The topological polar surface area (TPSA) is 77.9 Å². The number of rotatable bonds is 3. The summed E-state index contributed by atoms with van der Waals surface area (Å²) in [6.45, 7) is 1.30. The number of nitrogens with zero attached hydrogens (tertiary/aromatic N) is 2. The predicted octanol–water partition coefficient (Wildman–Crippen LogP) is -0.460. The molecule has 2 aliphatic rings. The van der Waals surface area contributed by atoms with Crippen molar-refractivity contribution in [3.8, 4) is 0 Å². The number of aliphatic carboxylic acids is 1. The van der Waals surface area contributed by atoms with Crippen LogP contribution in [-0.4, -0.2) is 58.9 Å². The highest BCUT2D eigenvalue weighted by Crippen LogP contribution is 2.26. The Kier molecular flexibility index (Phi) is 3.15. The van der Waals surface area contributed by atoms with E-state index in [1.54, 1.807) is 0 Å². The molecule has 6 nitrogen and oxygen atoms in total. The van der Waals surface area contributed by atoms with Gasteiger partial charge in [0.2, 0.25) is 11.8 Å². The van der Waals surface area contributed by atoms with E-state index in [4.69, 9.17) is 5.11 Å². The van der Waals surface area contributed by atoms with Gasteiger partial charge in [0.15, 0.2) is 0 Å². The third-order valence-electron chi connectivity index (χ3n) is 3.58. The van der Waals surface area contributed by atoms with Gasteiger partial charge in [-0.1, -0.05) is 0 Å². The van der Waals surface area contributed by atoms with Gasteiger partial charge in [-0.25, -0.2) is 0 Å². The molecule has 17 heavy (non-hydrogen) atoms. The number of carboxylic acid groups (broad SMARTS) is 1. The molecule has 94 valence electrons. The fourth-order valence-electron chi connectivity index (χ4n) is 2.58. The largest absolute Gasteiger partial charge is 0.481 e. The van der Waals surface area contributed by atoms with Crippen molar-refractivity contribution in [3.05, 3.63) is 0 Å². The van der Waals surface area contributed by atoms with E-state index in [1.165, 1.54) is 7.05 Å². The van der Waals surface area contributed by atoms with E-state index in [0.29, 0.717) is 13.1 Å². The van der Waals surface area contributed by atoms with Gasteiger partial charge in [-0.05, 0) is 18.9 Å². The molecular formula is C11H16N2O4. The van der Waals surface area contributed by atoms with E-state index in [-0.39, 0.29) is 36.6 Å². The molecule has 2 heterocycles. The van der Waals surface area contributed by atoms with Crippen LogP contribution in [0.4, 0.5) is 0 Å². The lowest BCUT2D eigenvalue weighted by Crippen LogP contribution is -2.39. The lowest BCUT2D eigenvalue weighted by Gasteiger charge is -2.21. The minimum atomic E-state index is -0.803. The second-order valence-corrected chi connectivity index (χ2v) is 4.76. The Morgan fingerprint density at radius 1 is 1.47 bits per heavy atom. The summed E-state index contributed by atoms with van der Waals surface area (Å²) in [6.07, 6.45) is 1.16. The van der Waals surface area contributed by atoms with Crippen LogP contribution in [0.2, 0.25) is 0 Å². The van der Waals surface area contributed by atoms with E-state index in [0.717, 1.165) is 11.3 Å². The van der Waals surface area contributed by atoms with Crippen molar-refractivity contribution in [3.63, 3.8) is 0 Å². The normalized spacial score (nSPS) is 30.3. The number of carboxylic acids is 1. The van der Waals surface area contributed by atoms with E-state index in [1.807, 2.05) is 4.90 Å². The van der Waals surface area contributed by atoms with Crippen molar-refractivity contribution >= 4 is 17.8 Å². The number of hydrogen-bond donors (Lipinski definition) is 1. The van der Waals surface area contributed by atoms with Crippen LogP contribution in [0.5, 0.6) is 0 Å². The molecule has 0 saturated carbocycles. The predicted molar refractivity (Wildman–Crippen MR) is 58.1 cm³/mol. The van der Waals surface area contributed by atoms with Gasteiger partial charge in [0.25, 0.3) is 0 Å². The Hall–Kier alpha value is -1.43. The zero-order chi connectivity index (χ0) is 12.6. The highest BCUT2D eigenvalue weighted by molar-refractivity contribution is 6.05. The van der Waals surface area contributed by atoms with Gasteiger partial charge in [-0.3, -0.25) is 24.2 Å². The molecule has 0 aliphatic carbocycles. The number of carbonyl (C=O) groups excluding carboxylic acids is 2. The first-order valence-corrected chi connectivity index (χ1v) is 5.75. The van der Waals surface area contributed by atoms with Crippen LogP contribution in [-0.2, 0) is 14.4 Å². The average Bonchev–Trinajstić information content (AvgIpc) is 2.78. The van der Waals surface area contributed by atoms with E-state index < -0.39 is 5.97 Å². The Morgan fingerprint density at radius 3 is 2.71 bits per heavy atom. The van der Waals surface area contributed by atoms with Gasteiger partial charge in [-0.2, -0.15) is 0 Å². The van der Waals surface area contributed by atoms with Gasteiger partial charge in [0.05, 0.1) is 12.5 Å². The molecular weight excluding hydrogens is 224 g/mol. The zero-order valence-corrected chi connectivity index (χ0v) is 9.76. The first-order chi connectivity index (χ1) is 7.99. The first-order valence-electron chi connectivity index (χ1n) is 5.75. The van der Waals surface area contributed by atoms with E-state index in [2.05, 4.69) is 0 Å². The van der Waals surface area contributed by atoms with Crippen molar-refractivity contribution in [2.45, 2.75) is 25.3 Å². The second kappa shape index (κ2) is 4.44. The molecule has 0 aromatic rings. The Bertz CT molecular complexity index is 368. The van der Waals surface area contributed by atoms with Gasteiger partial charge in [0, 0.05) is 20.0 Å². The fraction of sp³-hybridized carbons (Fsp3) is 0.727. The van der Waals surface area contributed by atoms with Gasteiger partial charge < -0.3 is 5.11 Å². The van der Waals surface area contributed by atoms with Crippen LogP contribution in [0, 0.1) is 5.92 Å². The van der Waals surface area contributed by atoms with Crippen LogP contribution in [0.3, 0.4) is 0 Å². The smallest absolute Gasteiger partial charge is 0.303 e. The Labute approximate surface area is 99.2 Å². The monoisotopic (exact) mass is 240 g/mol. The molecule has 2 rings (SSSR count). The average molecular weight is 240 g/mol. The molecule has 0 bridgehead atoms. The van der Waals surface area contributed by atoms with Crippen LogP contribution >= 0.6 is 0 Å². The first kappa shape index (κ1) is 12.0. The van der Waals surface area contributed by atoms with Gasteiger partial charge in [0.1, 0.15) is 0 Å². The lowest BCUT2D eigenvalue weighted by atomic mass is 10.1. The van der Waals surface area contributed by atoms with Crippen LogP contribution in [0.25, 0.3) is 0 Å². The Balaban J connectivity index is 1.95. The van der Waals surface area contributed by atoms with Gasteiger partial charge >= 0.3 is 5.97 Å². The molecule has 0 aromatic heterocycles. The molecule has 0 aromatic carbocycles. The number of likely N-dealkylation sites (tertiary alicyclic amines) is 2. The maximum absolute atomic E-state index is 11.8. The summed E-state index contributed by atoms with van der Waals surface area (Å²) in [7, 11) is 1.50. The number of carbonyl (C=O) groups is 3. The quantitative estimate of drug-likeness (QED) is 0.675. The Morgan fingerprint density at radius 2 is 2.18 bits per heavy atom. The standard InChI is InChI=1S/C11H16N2O4/c1-12-9(14)5-8(11(12)17)13-3-2-7(6-13)4-10(15)16/h7-8H,2-6H2,1H3,(H,15,16). The summed E-state index contributed by atoms with van der Waals surface area (Å²) < 4.78 is 0. The third kappa shape index (κ3) is 2.31. The van der Waals surface area contributed by atoms with Crippen molar-refractivity contribution in [2.75, 3.05) is 20.1 Å². The molecule has 2 saturated heterocycles. The van der Waals surface area contributed by atoms with Crippen LogP contribution < -0.4 is 0 Å². The van der Waals surface area contributed by atoms with Crippen LogP contribution in [0.1, 0.15) is 19.3 Å². The molecule has 6 heteroatoms. The van der Waals surface area contributed by atoms with E-state index in [9.17, 15) is 14.4 Å². The molecule has 2 amide bonds. The summed E-state index contributed by atoms with van der Waals surface area (Å²) >= 11 is 0. The van der Waals surface area contributed by atoms with Crippen molar-refractivity contribution in [1.82, 2.24) is 9.80 Å². The molecule has 1 N–H and O–H groups in total. The molecule has 2 unspecified atom stereocenters. The second-order valence-electron chi connectivity index (χ2n) is 4.76.